The molecule has 1 fully saturated rings. The summed E-state index contributed by atoms with van der Waals surface area (Å²) in [5, 5.41) is 9.48. The number of ether oxygens (including phenoxy) is 3. The Morgan fingerprint density at radius 3 is 1.98 bits per heavy atom. The van der Waals surface area contributed by atoms with Crippen molar-refractivity contribution < 1.29 is 14.2 Å². The quantitative estimate of drug-likeness (QED) is 0.143. The molecule has 1 aromatic heterocycles. The van der Waals surface area contributed by atoms with Crippen LogP contribution in [0.1, 0.15) is 65.6 Å². The lowest BCUT2D eigenvalue weighted by molar-refractivity contribution is -0.234. The Kier molecular flexibility index (Phi) is 11.1. The van der Waals surface area contributed by atoms with Crippen molar-refractivity contribution in [3.63, 3.8) is 0 Å². The predicted molar refractivity (Wildman–Crippen MR) is 186 cm³/mol. The van der Waals surface area contributed by atoms with Crippen LogP contribution in [0.15, 0.2) is 121 Å². The maximum absolute atomic E-state index is 6.85. The molecule has 6 rings (SSSR count). The Morgan fingerprint density at radius 2 is 1.36 bits per heavy atom. The molecule has 0 spiro atoms. The molecular formula is C41H39ClN2O3. The lowest BCUT2D eigenvalue weighted by atomic mass is 9.84. The third-order valence-electron chi connectivity index (χ3n) is 8.62. The predicted octanol–water partition coefficient (Wildman–Crippen LogP) is 8.78. The van der Waals surface area contributed by atoms with Gasteiger partial charge in [-0.1, -0.05) is 122 Å². The van der Waals surface area contributed by atoms with Gasteiger partial charge >= 0.3 is 0 Å². The zero-order valence-electron chi connectivity index (χ0n) is 26.8. The Balaban J connectivity index is 1.26. The summed E-state index contributed by atoms with van der Waals surface area (Å²) in [6.45, 7) is 5.33. The van der Waals surface area contributed by atoms with Crippen molar-refractivity contribution in [2.45, 2.75) is 64.3 Å². The molecule has 5 nitrogen and oxygen atoms in total. The molecule has 1 aliphatic rings. The van der Waals surface area contributed by atoms with Gasteiger partial charge in [-0.25, -0.2) is 0 Å². The van der Waals surface area contributed by atoms with Crippen LogP contribution in [0.2, 0.25) is 5.02 Å². The van der Waals surface area contributed by atoms with Gasteiger partial charge in [0.25, 0.3) is 0 Å². The van der Waals surface area contributed by atoms with Gasteiger partial charge in [-0.15, -0.1) is 5.10 Å². The number of nitrogens with zero attached hydrogens (tertiary/aromatic N) is 2. The molecule has 5 atom stereocenters. The van der Waals surface area contributed by atoms with Gasteiger partial charge in [-0.2, -0.15) is 5.10 Å². The van der Waals surface area contributed by atoms with E-state index < -0.39 is 0 Å². The fraction of sp³-hybridized carbons (Fsp3) is 0.268. The molecule has 1 saturated heterocycles. The van der Waals surface area contributed by atoms with Crippen molar-refractivity contribution in [1.82, 2.24) is 10.2 Å². The third kappa shape index (κ3) is 8.54. The van der Waals surface area contributed by atoms with E-state index in [2.05, 4.69) is 66.2 Å². The number of aromatic nitrogens is 2. The second-order valence-electron chi connectivity index (χ2n) is 11.9. The summed E-state index contributed by atoms with van der Waals surface area (Å²) in [7, 11) is 0. The minimum atomic E-state index is -0.349. The van der Waals surface area contributed by atoms with Crippen LogP contribution in [-0.4, -0.2) is 28.5 Å². The van der Waals surface area contributed by atoms with Crippen LogP contribution >= 0.6 is 11.6 Å². The number of benzene rings is 4. The summed E-state index contributed by atoms with van der Waals surface area (Å²) >= 11 is 6.77. The summed E-state index contributed by atoms with van der Waals surface area (Å²) in [6, 6.07) is 40.3. The average Bonchev–Trinajstić information content (AvgIpc) is 3.12. The molecule has 1 aliphatic heterocycles. The van der Waals surface area contributed by atoms with Gasteiger partial charge in [-0.05, 0) is 64.9 Å². The van der Waals surface area contributed by atoms with Gasteiger partial charge in [0.2, 0.25) is 0 Å². The Hall–Kier alpha value is -4.31. The van der Waals surface area contributed by atoms with Crippen LogP contribution in [0.5, 0.6) is 0 Å². The van der Waals surface area contributed by atoms with Gasteiger partial charge < -0.3 is 14.2 Å². The summed E-state index contributed by atoms with van der Waals surface area (Å²) in [6.07, 6.45) is 0.523. The van der Waals surface area contributed by atoms with E-state index in [1.807, 2.05) is 91.0 Å². The van der Waals surface area contributed by atoms with E-state index in [1.54, 1.807) is 0 Å². The van der Waals surface area contributed by atoms with Gasteiger partial charge in [0.15, 0.2) is 0 Å². The normalized spacial score (nSPS) is 20.7. The first-order chi connectivity index (χ1) is 23.1. The summed E-state index contributed by atoms with van der Waals surface area (Å²) in [5.74, 6) is 6.35. The SMILES string of the molecule is CC[C@H]1O[C@@H](c2ccc(Cl)c(Cc3ccc(C#Cc4ccccc4)nn3)c2)[C@H](OCc2ccccc2)[C@@H](OCc2ccccc2)[C@@H]1C. The van der Waals surface area contributed by atoms with Crippen molar-refractivity contribution in [3.05, 3.63) is 166 Å². The first-order valence-corrected chi connectivity index (χ1v) is 16.6. The summed E-state index contributed by atoms with van der Waals surface area (Å²) in [4.78, 5) is 0. The molecule has 0 saturated carbocycles. The maximum atomic E-state index is 6.85. The zero-order chi connectivity index (χ0) is 32.4. The molecule has 0 unspecified atom stereocenters. The van der Waals surface area contributed by atoms with Gasteiger partial charge in [0.05, 0.1) is 31.1 Å². The largest absolute Gasteiger partial charge is 0.370 e. The molecular weight excluding hydrogens is 604 g/mol. The van der Waals surface area contributed by atoms with E-state index in [0.29, 0.717) is 30.4 Å². The minimum absolute atomic E-state index is 0.00637. The van der Waals surface area contributed by atoms with E-state index in [1.165, 1.54) is 0 Å². The van der Waals surface area contributed by atoms with E-state index in [4.69, 9.17) is 25.8 Å². The average molecular weight is 643 g/mol. The molecule has 0 bridgehead atoms. The van der Waals surface area contributed by atoms with Crippen molar-refractivity contribution in [2.24, 2.45) is 5.92 Å². The number of rotatable bonds is 10. The molecule has 0 aliphatic carbocycles. The third-order valence-corrected chi connectivity index (χ3v) is 8.99. The highest BCUT2D eigenvalue weighted by Crippen LogP contribution is 2.41. The van der Waals surface area contributed by atoms with Crippen LogP contribution in [-0.2, 0) is 33.8 Å². The minimum Gasteiger partial charge on any atom is -0.370 e. The monoisotopic (exact) mass is 642 g/mol. The number of halogens is 1. The van der Waals surface area contributed by atoms with Crippen molar-refractivity contribution in [1.29, 1.82) is 0 Å². The second-order valence-corrected chi connectivity index (χ2v) is 12.3. The van der Waals surface area contributed by atoms with Crippen molar-refractivity contribution in [3.8, 4) is 11.8 Å². The van der Waals surface area contributed by atoms with Crippen LogP contribution in [0.4, 0.5) is 0 Å². The van der Waals surface area contributed by atoms with Gasteiger partial charge in [0, 0.05) is 22.9 Å². The lowest BCUT2D eigenvalue weighted by Gasteiger charge is -2.46. The molecule has 6 heteroatoms. The van der Waals surface area contributed by atoms with E-state index >= 15 is 0 Å². The highest BCUT2D eigenvalue weighted by atomic mass is 35.5. The number of hydrogen-bond donors (Lipinski definition) is 0. The fourth-order valence-corrected chi connectivity index (χ4v) is 6.24. The summed E-state index contributed by atoms with van der Waals surface area (Å²) < 4.78 is 20.3. The lowest BCUT2D eigenvalue weighted by Crippen LogP contribution is -2.51. The molecule has 4 aromatic carbocycles. The van der Waals surface area contributed by atoms with Crippen LogP contribution in [0, 0.1) is 17.8 Å². The second kappa shape index (κ2) is 16.0. The first kappa shape index (κ1) is 32.6. The zero-order valence-corrected chi connectivity index (χ0v) is 27.5. The van der Waals surface area contributed by atoms with E-state index in [0.717, 1.165) is 39.9 Å². The van der Waals surface area contributed by atoms with Crippen LogP contribution < -0.4 is 0 Å². The van der Waals surface area contributed by atoms with Crippen molar-refractivity contribution in [2.75, 3.05) is 0 Å². The molecule has 0 amide bonds. The topological polar surface area (TPSA) is 53.5 Å². The molecule has 0 radical (unpaired) electrons. The van der Waals surface area contributed by atoms with E-state index in [-0.39, 0.29) is 30.3 Å². The maximum Gasteiger partial charge on any atom is 0.136 e. The Bertz CT molecular complexity index is 1770. The molecule has 5 aromatic rings. The van der Waals surface area contributed by atoms with Crippen molar-refractivity contribution >= 4 is 11.6 Å². The molecule has 0 N–H and O–H groups in total. The van der Waals surface area contributed by atoms with Crippen LogP contribution in [0.25, 0.3) is 0 Å². The van der Waals surface area contributed by atoms with Gasteiger partial charge in [0.1, 0.15) is 17.9 Å². The smallest absolute Gasteiger partial charge is 0.136 e. The summed E-state index contributed by atoms with van der Waals surface area (Å²) in [5.41, 5.74) is 6.54. The number of hydrogen-bond acceptors (Lipinski definition) is 5. The highest BCUT2D eigenvalue weighted by Gasteiger charge is 2.45. The first-order valence-electron chi connectivity index (χ1n) is 16.2. The highest BCUT2D eigenvalue weighted by molar-refractivity contribution is 6.31. The van der Waals surface area contributed by atoms with Crippen LogP contribution in [0.3, 0.4) is 0 Å². The molecule has 47 heavy (non-hydrogen) atoms. The van der Waals surface area contributed by atoms with Gasteiger partial charge in [-0.3, -0.25) is 0 Å². The molecule has 2 heterocycles. The Morgan fingerprint density at radius 1 is 0.723 bits per heavy atom. The standard InChI is InChI=1S/C41H39ClN2O3/c1-3-38-29(2)39(45-27-31-15-9-5-10-16-31)41(46-28-32-17-11-6-12-18-32)40(47-38)33-20-24-37(42)34(25-33)26-36-23-22-35(43-44-36)21-19-30-13-7-4-8-14-30/h4-18,20,22-25,29,38-41H,3,26-28H2,1-2H3/t29-,38-,39+,40+,41-/m1/s1. The van der Waals surface area contributed by atoms with E-state index in [9.17, 15) is 0 Å². The fourth-order valence-electron chi connectivity index (χ4n) is 6.05. The molecule has 238 valence electrons. The Labute approximate surface area is 282 Å².